The van der Waals surface area contributed by atoms with Crippen LogP contribution in [0.15, 0.2) is 84.8 Å². The molecule has 2 fully saturated rings. The zero-order chi connectivity index (χ0) is 29.5. The van der Waals surface area contributed by atoms with Gasteiger partial charge in [-0.15, -0.1) is 5.53 Å². The van der Waals surface area contributed by atoms with Gasteiger partial charge in [0.2, 0.25) is 0 Å². The molecule has 1 unspecified atom stereocenters. The number of rotatable bonds is 9. The van der Waals surface area contributed by atoms with Crippen LogP contribution in [0.4, 0.5) is 15.8 Å². The second-order valence-electron chi connectivity index (χ2n) is 11.3. The maximum atomic E-state index is 13.9. The minimum Gasteiger partial charge on any atom is -0.376 e. The van der Waals surface area contributed by atoms with Crippen molar-refractivity contribution in [3.05, 3.63) is 112 Å². The lowest BCUT2D eigenvalue weighted by Gasteiger charge is -2.24. The monoisotopic (exact) mass is 590 g/mol. The Kier molecular flexibility index (Phi) is 6.98. The van der Waals surface area contributed by atoms with Crippen molar-refractivity contribution in [2.75, 3.05) is 10.6 Å². The van der Waals surface area contributed by atoms with Crippen LogP contribution in [0, 0.1) is 40.3 Å². The number of halogens is 2. The maximum absolute atomic E-state index is 13.9. The Bertz CT molecular complexity index is 1790. The van der Waals surface area contributed by atoms with E-state index in [9.17, 15) is 14.9 Å². The van der Waals surface area contributed by atoms with Gasteiger partial charge in [-0.25, -0.2) is 4.39 Å². The fraction of sp³-hybridized carbons (Fsp3) is 0.242. The summed E-state index contributed by atoms with van der Waals surface area (Å²) < 4.78 is 13.9. The van der Waals surface area contributed by atoms with Crippen molar-refractivity contribution in [2.45, 2.75) is 37.4 Å². The van der Waals surface area contributed by atoms with E-state index in [2.05, 4.69) is 43.7 Å². The fourth-order valence-electron chi connectivity index (χ4n) is 5.77. The lowest BCUT2D eigenvalue weighted by Crippen LogP contribution is -2.38. The highest BCUT2D eigenvalue weighted by Crippen LogP contribution is 2.49. The van der Waals surface area contributed by atoms with Crippen molar-refractivity contribution in [1.29, 1.82) is 10.5 Å². The number of hydrogen-bond donors (Lipinski definition) is 4. The van der Waals surface area contributed by atoms with Crippen LogP contribution in [-0.2, 0) is 0 Å². The van der Waals surface area contributed by atoms with Crippen molar-refractivity contribution in [3.8, 4) is 12.1 Å². The minimum absolute atomic E-state index is 0.0513. The van der Waals surface area contributed by atoms with E-state index in [1.54, 1.807) is 12.1 Å². The van der Waals surface area contributed by atoms with Crippen LogP contribution in [-0.4, -0.2) is 16.0 Å². The number of hydrogen-bond acceptors (Lipinski definition) is 8. The van der Waals surface area contributed by atoms with Gasteiger partial charge in [-0.05, 0) is 54.7 Å². The second kappa shape index (κ2) is 11.1. The molecule has 3 aliphatic rings. The van der Waals surface area contributed by atoms with E-state index in [0.29, 0.717) is 38.9 Å². The number of nitrogens with one attached hydrogen (secondary N) is 4. The van der Waals surface area contributed by atoms with E-state index in [0.717, 1.165) is 36.1 Å². The van der Waals surface area contributed by atoms with E-state index in [-0.39, 0.29) is 29.7 Å². The Morgan fingerprint density at radius 3 is 2.51 bits per heavy atom. The van der Waals surface area contributed by atoms with Gasteiger partial charge >= 0.3 is 0 Å². The standard InChI is InChI=1S/C33H28ClFN8/c34-28-14-24(39-32(20-6-8-23(35)9-7-20)29-18-43(42-41-29)25-10-11-25)13-27-31(22(16-37)17-38-33(27)28)40-30(26-12-21(26)15-36)19-4-2-1-3-5-19/h1-9,13-14,17-18,21,25-26,30,32,39,41-42H,10-12H2,(H,38,40)/t21-,26+,30-,32?/m0/s1. The van der Waals surface area contributed by atoms with Crippen LogP contribution < -0.4 is 21.6 Å². The number of benzene rings is 3. The normalized spacial score (nSPS) is 20.4. The third kappa shape index (κ3) is 5.41. The first kappa shape index (κ1) is 27.0. The molecule has 0 amide bonds. The van der Waals surface area contributed by atoms with Gasteiger partial charge in [-0.3, -0.25) is 9.99 Å². The highest BCUT2D eigenvalue weighted by molar-refractivity contribution is 6.35. The Balaban J connectivity index is 1.29. The van der Waals surface area contributed by atoms with Gasteiger partial charge in [0.1, 0.15) is 11.9 Å². The summed E-state index contributed by atoms with van der Waals surface area (Å²) in [4.78, 5) is 4.53. The number of anilines is 2. The van der Waals surface area contributed by atoms with Gasteiger partial charge in [-0.1, -0.05) is 54.1 Å². The fourth-order valence-corrected chi connectivity index (χ4v) is 6.04. The van der Waals surface area contributed by atoms with Crippen molar-refractivity contribution >= 4 is 33.9 Å². The number of aromatic nitrogens is 1. The van der Waals surface area contributed by atoms with Crippen molar-refractivity contribution in [3.63, 3.8) is 0 Å². The highest BCUT2D eigenvalue weighted by Gasteiger charge is 2.44. The van der Waals surface area contributed by atoms with Gasteiger partial charge in [-0.2, -0.15) is 10.5 Å². The molecule has 0 bridgehead atoms. The summed E-state index contributed by atoms with van der Waals surface area (Å²) in [7, 11) is 0. The molecule has 10 heteroatoms. The van der Waals surface area contributed by atoms with E-state index < -0.39 is 0 Å². The second-order valence-corrected chi connectivity index (χ2v) is 11.7. The Labute approximate surface area is 253 Å². The average molecular weight is 591 g/mol. The molecule has 3 aromatic carbocycles. The third-order valence-corrected chi connectivity index (χ3v) is 8.60. The molecular weight excluding hydrogens is 563 g/mol. The van der Waals surface area contributed by atoms with Gasteiger partial charge in [0.05, 0.1) is 51.6 Å². The predicted molar refractivity (Wildman–Crippen MR) is 163 cm³/mol. The summed E-state index contributed by atoms with van der Waals surface area (Å²) in [5.74, 6) is -0.246. The number of fused-ring (bicyclic) bond motifs is 1. The summed E-state index contributed by atoms with van der Waals surface area (Å²) in [6.45, 7) is 0. The van der Waals surface area contributed by atoms with Crippen molar-refractivity contribution in [1.82, 2.24) is 21.0 Å². The molecule has 1 aliphatic heterocycles. The smallest absolute Gasteiger partial charge is 0.123 e. The van der Waals surface area contributed by atoms with Gasteiger partial charge in [0.15, 0.2) is 0 Å². The Morgan fingerprint density at radius 2 is 1.81 bits per heavy atom. The van der Waals surface area contributed by atoms with Crippen LogP contribution in [0.1, 0.15) is 48.0 Å². The van der Waals surface area contributed by atoms with Crippen LogP contribution in [0.25, 0.3) is 10.9 Å². The molecule has 2 aliphatic carbocycles. The molecule has 0 spiro atoms. The zero-order valence-electron chi connectivity index (χ0n) is 23.1. The number of nitrogens with zero attached hydrogens (tertiary/aromatic N) is 4. The molecule has 4 aromatic rings. The van der Waals surface area contributed by atoms with Gasteiger partial charge in [0, 0.05) is 35.4 Å². The molecule has 8 nitrogen and oxygen atoms in total. The highest BCUT2D eigenvalue weighted by atomic mass is 35.5. The Hall–Kier alpha value is -4.83. The first-order valence-corrected chi connectivity index (χ1v) is 14.7. The number of nitriles is 2. The van der Waals surface area contributed by atoms with Crippen molar-refractivity contribution in [2.24, 2.45) is 11.8 Å². The summed E-state index contributed by atoms with van der Waals surface area (Å²) >= 11 is 6.83. The molecule has 2 heterocycles. The molecule has 2 saturated carbocycles. The van der Waals surface area contributed by atoms with Crippen LogP contribution in [0.2, 0.25) is 5.02 Å². The largest absolute Gasteiger partial charge is 0.376 e. The molecule has 7 rings (SSSR count). The van der Waals surface area contributed by atoms with Gasteiger partial charge in [0.25, 0.3) is 0 Å². The Morgan fingerprint density at radius 1 is 1.02 bits per heavy atom. The van der Waals surface area contributed by atoms with Gasteiger partial charge < -0.3 is 16.1 Å². The summed E-state index contributed by atoms with van der Waals surface area (Å²) in [5, 5.41) is 30.1. The topological polar surface area (TPSA) is 112 Å². The summed E-state index contributed by atoms with van der Waals surface area (Å²) in [6.07, 6.45) is 6.60. The van der Waals surface area contributed by atoms with E-state index in [4.69, 9.17) is 11.6 Å². The summed E-state index contributed by atoms with van der Waals surface area (Å²) in [6, 6.07) is 24.7. The lowest BCUT2D eigenvalue weighted by atomic mass is 9.99. The average Bonchev–Trinajstić information content (AvgIpc) is 3.97. The van der Waals surface area contributed by atoms with Crippen molar-refractivity contribution < 1.29 is 4.39 Å². The summed E-state index contributed by atoms with van der Waals surface area (Å²) in [5.41, 5.74) is 11.5. The quantitative estimate of drug-likeness (QED) is 0.170. The molecule has 4 N–H and O–H groups in total. The zero-order valence-corrected chi connectivity index (χ0v) is 23.8. The SMILES string of the molecule is N#Cc1cnc2c(Cl)cc(NC(C3=CN(C4CC4)NN3)c3ccc(F)cc3)cc2c1N[C@@H](c1ccccc1)[C@@H]1C[C@H]1C#N. The number of hydrazine groups is 2. The minimum atomic E-state index is -0.353. The maximum Gasteiger partial charge on any atom is 0.123 e. The first-order valence-electron chi connectivity index (χ1n) is 14.3. The molecule has 43 heavy (non-hydrogen) atoms. The van der Waals surface area contributed by atoms with Crippen LogP contribution in [0.3, 0.4) is 0 Å². The molecule has 4 atom stereocenters. The molecule has 1 aromatic heterocycles. The molecule has 0 radical (unpaired) electrons. The van der Waals surface area contributed by atoms with E-state index >= 15 is 0 Å². The number of pyridine rings is 1. The molecule has 214 valence electrons. The lowest BCUT2D eigenvalue weighted by molar-refractivity contribution is 0.260. The predicted octanol–water partition coefficient (Wildman–Crippen LogP) is 6.69. The van der Waals surface area contributed by atoms with Crippen LogP contribution in [0.5, 0.6) is 0 Å². The molecular formula is C33H28ClFN8. The third-order valence-electron chi connectivity index (χ3n) is 8.31. The van der Waals surface area contributed by atoms with Crippen LogP contribution >= 0.6 is 11.6 Å². The molecule has 0 saturated heterocycles. The van der Waals surface area contributed by atoms with E-state index in [1.807, 2.05) is 48.7 Å². The first-order chi connectivity index (χ1) is 21.0. The van der Waals surface area contributed by atoms with E-state index in [1.165, 1.54) is 18.3 Å².